The van der Waals surface area contributed by atoms with Crippen LogP contribution in [0.5, 0.6) is 11.5 Å². The summed E-state index contributed by atoms with van der Waals surface area (Å²) in [7, 11) is 0. The average molecular weight is 264 g/mol. The largest absolute Gasteiger partial charge is 0.454 e. The van der Waals surface area contributed by atoms with Gasteiger partial charge in [0.15, 0.2) is 11.5 Å². The molecule has 0 bridgehead atoms. The summed E-state index contributed by atoms with van der Waals surface area (Å²) in [6, 6.07) is 5.43. The molecule has 1 aliphatic rings. The fraction of sp³-hybridized carbons (Fsp3) is 0.500. The summed E-state index contributed by atoms with van der Waals surface area (Å²) >= 11 is 0. The summed E-state index contributed by atoms with van der Waals surface area (Å²) in [4.78, 5) is 11.4. The van der Waals surface area contributed by atoms with Crippen LogP contribution in [-0.4, -0.2) is 18.7 Å². The maximum absolute atomic E-state index is 11.4. The number of fused-ring (bicyclic) bond motifs is 1. The van der Waals surface area contributed by atoms with Crippen LogP contribution in [0, 0.1) is 5.92 Å². The highest BCUT2D eigenvalue weighted by molar-refractivity contribution is 5.80. The van der Waals surface area contributed by atoms with Gasteiger partial charge in [0, 0.05) is 6.04 Å². The lowest BCUT2D eigenvalue weighted by Gasteiger charge is -2.24. The van der Waals surface area contributed by atoms with Crippen LogP contribution >= 0.6 is 0 Å². The summed E-state index contributed by atoms with van der Waals surface area (Å²) in [6.07, 6.45) is 0. The smallest absolute Gasteiger partial charge is 0.234 e. The molecule has 1 aromatic carbocycles. The number of benzene rings is 1. The molecule has 1 heterocycles. The molecule has 0 aliphatic carbocycles. The van der Waals surface area contributed by atoms with Gasteiger partial charge < -0.3 is 15.2 Å². The Labute approximate surface area is 113 Å². The Morgan fingerprint density at radius 1 is 1.26 bits per heavy atom. The molecule has 0 aromatic heterocycles. The zero-order valence-corrected chi connectivity index (χ0v) is 11.5. The SMILES string of the molecule is CC(NC(C(N)=O)C(C)C)c1ccc2c(c1)OCO2. The average Bonchev–Trinajstić information content (AvgIpc) is 2.81. The number of carbonyl (C=O) groups is 1. The lowest BCUT2D eigenvalue weighted by Crippen LogP contribution is -2.45. The number of hydrogen-bond donors (Lipinski definition) is 2. The Morgan fingerprint density at radius 3 is 2.58 bits per heavy atom. The van der Waals surface area contributed by atoms with Gasteiger partial charge in [0.2, 0.25) is 12.7 Å². The molecule has 0 saturated heterocycles. The zero-order chi connectivity index (χ0) is 14.0. The number of ether oxygens (including phenoxy) is 2. The van der Waals surface area contributed by atoms with Gasteiger partial charge in [-0.05, 0) is 30.5 Å². The fourth-order valence-electron chi connectivity index (χ4n) is 2.15. The third-order valence-corrected chi connectivity index (χ3v) is 3.30. The number of nitrogens with one attached hydrogen (secondary N) is 1. The Bertz CT molecular complexity index is 474. The highest BCUT2D eigenvalue weighted by Crippen LogP contribution is 2.34. The molecule has 1 aliphatic heterocycles. The molecule has 1 aromatic rings. The van der Waals surface area contributed by atoms with E-state index >= 15 is 0 Å². The summed E-state index contributed by atoms with van der Waals surface area (Å²) in [6.45, 7) is 6.19. The summed E-state index contributed by atoms with van der Waals surface area (Å²) in [5.74, 6) is 1.31. The van der Waals surface area contributed by atoms with Crippen molar-refractivity contribution in [2.45, 2.75) is 32.9 Å². The maximum Gasteiger partial charge on any atom is 0.234 e. The molecule has 104 valence electrons. The first-order valence-corrected chi connectivity index (χ1v) is 6.44. The van der Waals surface area contributed by atoms with Crippen LogP contribution in [0.15, 0.2) is 18.2 Å². The molecule has 1 amide bonds. The van der Waals surface area contributed by atoms with Crippen molar-refractivity contribution in [1.29, 1.82) is 0 Å². The molecule has 2 unspecified atom stereocenters. The van der Waals surface area contributed by atoms with Crippen molar-refractivity contribution in [2.24, 2.45) is 11.7 Å². The van der Waals surface area contributed by atoms with E-state index in [0.29, 0.717) is 0 Å². The molecule has 5 heteroatoms. The van der Waals surface area contributed by atoms with Gasteiger partial charge in [-0.15, -0.1) is 0 Å². The van der Waals surface area contributed by atoms with Crippen molar-refractivity contribution in [1.82, 2.24) is 5.32 Å². The van der Waals surface area contributed by atoms with E-state index in [1.165, 1.54) is 0 Å². The van der Waals surface area contributed by atoms with Gasteiger partial charge in [0.25, 0.3) is 0 Å². The molecule has 0 fully saturated rings. The quantitative estimate of drug-likeness (QED) is 0.846. The maximum atomic E-state index is 11.4. The van der Waals surface area contributed by atoms with Gasteiger partial charge in [-0.3, -0.25) is 10.1 Å². The van der Waals surface area contributed by atoms with E-state index in [9.17, 15) is 4.79 Å². The first-order chi connectivity index (χ1) is 8.99. The van der Waals surface area contributed by atoms with Crippen molar-refractivity contribution < 1.29 is 14.3 Å². The molecule has 19 heavy (non-hydrogen) atoms. The fourth-order valence-corrected chi connectivity index (χ4v) is 2.15. The van der Waals surface area contributed by atoms with E-state index in [2.05, 4.69) is 5.32 Å². The minimum Gasteiger partial charge on any atom is -0.454 e. The summed E-state index contributed by atoms with van der Waals surface area (Å²) in [5, 5.41) is 3.25. The zero-order valence-electron chi connectivity index (χ0n) is 11.5. The standard InChI is InChI=1S/C14H20N2O3/c1-8(2)13(14(15)17)16-9(3)10-4-5-11-12(6-10)19-7-18-11/h4-6,8-9,13,16H,7H2,1-3H3,(H2,15,17). The lowest BCUT2D eigenvalue weighted by atomic mass is 10.0. The second kappa shape index (κ2) is 5.48. The van der Waals surface area contributed by atoms with Gasteiger partial charge >= 0.3 is 0 Å². The number of nitrogens with two attached hydrogens (primary N) is 1. The lowest BCUT2D eigenvalue weighted by molar-refractivity contribution is -0.121. The van der Waals surface area contributed by atoms with Gasteiger partial charge in [-0.1, -0.05) is 19.9 Å². The third-order valence-electron chi connectivity index (χ3n) is 3.30. The molecule has 0 saturated carbocycles. The van der Waals surface area contributed by atoms with Crippen LogP contribution in [0.2, 0.25) is 0 Å². The van der Waals surface area contributed by atoms with Gasteiger partial charge in [-0.25, -0.2) is 0 Å². The highest BCUT2D eigenvalue weighted by atomic mass is 16.7. The minimum atomic E-state index is -0.347. The number of rotatable bonds is 5. The normalized spacial score (nSPS) is 16.4. The van der Waals surface area contributed by atoms with Gasteiger partial charge in [0.05, 0.1) is 6.04 Å². The topological polar surface area (TPSA) is 73.6 Å². The van der Waals surface area contributed by atoms with E-state index in [1.54, 1.807) is 0 Å². The minimum absolute atomic E-state index is 0.00870. The Kier molecular flexibility index (Phi) is 3.95. The van der Waals surface area contributed by atoms with Gasteiger partial charge in [0.1, 0.15) is 0 Å². The van der Waals surface area contributed by atoms with Crippen molar-refractivity contribution in [3.63, 3.8) is 0 Å². The first kappa shape index (κ1) is 13.7. The molecule has 0 spiro atoms. The molecule has 2 atom stereocenters. The van der Waals surface area contributed by atoms with Crippen LogP contribution in [0.1, 0.15) is 32.4 Å². The second-order valence-electron chi connectivity index (χ2n) is 5.13. The molecular weight excluding hydrogens is 244 g/mol. The van der Waals surface area contributed by atoms with Gasteiger partial charge in [-0.2, -0.15) is 0 Å². The Hall–Kier alpha value is -1.75. The van der Waals surface area contributed by atoms with E-state index in [0.717, 1.165) is 17.1 Å². The predicted molar refractivity (Wildman–Crippen MR) is 71.9 cm³/mol. The summed E-state index contributed by atoms with van der Waals surface area (Å²) < 4.78 is 10.6. The predicted octanol–water partition coefficient (Wildman–Crippen LogP) is 1.58. The second-order valence-corrected chi connectivity index (χ2v) is 5.13. The number of amides is 1. The molecule has 0 radical (unpaired) electrons. The van der Waals surface area contributed by atoms with E-state index in [1.807, 2.05) is 39.0 Å². The molecule has 2 rings (SSSR count). The van der Waals surface area contributed by atoms with Crippen LogP contribution in [0.25, 0.3) is 0 Å². The van der Waals surface area contributed by atoms with Crippen LogP contribution < -0.4 is 20.5 Å². The Balaban J connectivity index is 2.11. The highest BCUT2D eigenvalue weighted by Gasteiger charge is 2.23. The van der Waals surface area contributed by atoms with Crippen molar-refractivity contribution >= 4 is 5.91 Å². The van der Waals surface area contributed by atoms with Crippen LogP contribution in [0.3, 0.4) is 0 Å². The number of hydrogen-bond acceptors (Lipinski definition) is 4. The first-order valence-electron chi connectivity index (χ1n) is 6.44. The van der Waals surface area contributed by atoms with Crippen LogP contribution in [0.4, 0.5) is 0 Å². The van der Waals surface area contributed by atoms with Crippen LogP contribution in [-0.2, 0) is 4.79 Å². The van der Waals surface area contributed by atoms with E-state index < -0.39 is 0 Å². The van der Waals surface area contributed by atoms with Crippen molar-refractivity contribution in [2.75, 3.05) is 6.79 Å². The number of carbonyl (C=O) groups excluding carboxylic acids is 1. The Morgan fingerprint density at radius 2 is 1.95 bits per heavy atom. The monoisotopic (exact) mass is 264 g/mol. The van der Waals surface area contributed by atoms with Crippen molar-refractivity contribution in [3.8, 4) is 11.5 Å². The summed E-state index contributed by atoms with van der Waals surface area (Å²) in [5.41, 5.74) is 6.45. The molecule has 3 N–H and O–H groups in total. The molecule has 5 nitrogen and oxygen atoms in total. The number of primary amides is 1. The third kappa shape index (κ3) is 2.98. The van der Waals surface area contributed by atoms with Crippen molar-refractivity contribution in [3.05, 3.63) is 23.8 Å². The molecular formula is C14H20N2O3. The van der Waals surface area contributed by atoms with E-state index in [-0.39, 0.29) is 30.7 Å². The van der Waals surface area contributed by atoms with E-state index in [4.69, 9.17) is 15.2 Å².